The maximum absolute atomic E-state index is 14.3. The molecule has 224 valence electrons. The van der Waals surface area contributed by atoms with E-state index in [1.807, 2.05) is 85.7 Å². The molecule has 0 amide bonds. The van der Waals surface area contributed by atoms with Crippen LogP contribution in [-0.2, 0) is 16.1 Å². The first-order valence-corrected chi connectivity index (χ1v) is 15.7. The Morgan fingerprint density at radius 2 is 1.75 bits per heavy atom. The molecular formula is C35H33ClN4O3S. The van der Waals surface area contributed by atoms with Gasteiger partial charge in [0.15, 0.2) is 4.80 Å². The molecule has 1 aliphatic rings. The van der Waals surface area contributed by atoms with Crippen molar-refractivity contribution in [2.45, 2.75) is 33.4 Å². The number of esters is 1. The first kappa shape index (κ1) is 29.7. The van der Waals surface area contributed by atoms with Crippen LogP contribution in [0, 0.1) is 6.92 Å². The fourth-order valence-corrected chi connectivity index (χ4v) is 6.96. The van der Waals surface area contributed by atoms with Crippen molar-refractivity contribution in [2.75, 3.05) is 25.6 Å². The number of hydrogen-bond donors (Lipinski definition) is 0. The number of carbonyl (C=O) groups is 1. The third kappa shape index (κ3) is 5.29. The van der Waals surface area contributed by atoms with Gasteiger partial charge < -0.3 is 14.2 Å². The van der Waals surface area contributed by atoms with Gasteiger partial charge in [-0.3, -0.25) is 9.36 Å². The summed E-state index contributed by atoms with van der Waals surface area (Å²) in [6.07, 6.45) is 1.97. The van der Waals surface area contributed by atoms with Gasteiger partial charge in [0.1, 0.15) is 0 Å². The van der Waals surface area contributed by atoms with E-state index >= 15 is 0 Å². The third-order valence-corrected chi connectivity index (χ3v) is 9.29. The normalized spacial score (nSPS) is 15.0. The van der Waals surface area contributed by atoms with Crippen molar-refractivity contribution >= 4 is 51.6 Å². The van der Waals surface area contributed by atoms with E-state index in [0.717, 1.165) is 39.0 Å². The van der Waals surface area contributed by atoms with E-state index in [9.17, 15) is 9.59 Å². The molecule has 0 saturated heterocycles. The maximum atomic E-state index is 14.3. The maximum Gasteiger partial charge on any atom is 0.338 e. The van der Waals surface area contributed by atoms with Crippen molar-refractivity contribution in [2.24, 2.45) is 4.99 Å². The number of fused-ring (bicyclic) bond motifs is 2. The van der Waals surface area contributed by atoms with Gasteiger partial charge in [0.25, 0.3) is 5.56 Å². The van der Waals surface area contributed by atoms with E-state index in [-0.39, 0.29) is 12.2 Å². The van der Waals surface area contributed by atoms with E-state index in [0.29, 0.717) is 32.2 Å². The molecule has 3 heterocycles. The minimum Gasteiger partial charge on any atom is -0.463 e. The highest BCUT2D eigenvalue weighted by Crippen LogP contribution is 2.32. The van der Waals surface area contributed by atoms with Crippen LogP contribution in [0.3, 0.4) is 0 Å². The molecule has 0 unspecified atom stereocenters. The van der Waals surface area contributed by atoms with Crippen LogP contribution >= 0.6 is 22.9 Å². The summed E-state index contributed by atoms with van der Waals surface area (Å²) in [7, 11) is 3.95. The lowest BCUT2D eigenvalue weighted by Crippen LogP contribution is -2.40. The Morgan fingerprint density at radius 1 is 1.05 bits per heavy atom. The number of nitrogens with zero attached hydrogens (tertiary/aromatic N) is 4. The molecule has 0 saturated carbocycles. The Bertz CT molecular complexity index is 2100. The molecule has 0 aliphatic carbocycles. The van der Waals surface area contributed by atoms with Gasteiger partial charge in [-0.05, 0) is 68.3 Å². The average Bonchev–Trinajstić information content (AvgIpc) is 3.46. The number of allylic oxidation sites excluding steroid dienone is 1. The molecule has 6 rings (SSSR count). The quantitative estimate of drug-likeness (QED) is 0.214. The molecule has 2 aromatic heterocycles. The second-order valence-electron chi connectivity index (χ2n) is 11.0. The second-order valence-corrected chi connectivity index (χ2v) is 12.5. The first-order valence-electron chi connectivity index (χ1n) is 14.5. The van der Waals surface area contributed by atoms with Gasteiger partial charge in [-0.15, -0.1) is 0 Å². The Morgan fingerprint density at radius 3 is 2.43 bits per heavy atom. The summed E-state index contributed by atoms with van der Waals surface area (Å²) in [4.78, 5) is 34.8. The Balaban J connectivity index is 1.53. The molecule has 0 N–H and O–H groups in total. The summed E-state index contributed by atoms with van der Waals surface area (Å²) < 4.78 is 9.90. The van der Waals surface area contributed by atoms with Crippen molar-refractivity contribution in [3.63, 3.8) is 0 Å². The molecule has 0 radical (unpaired) electrons. The number of para-hydroxylation sites is 1. The highest BCUT2D eigenvalue weighted by Gasteiger charge is 2.33. The second kappa shape index (κ2) is 11.9. The average molecular weight is 625 g/mol. The SMILES string of the molecule is CCOC(=O)C1=C(C)N=c2s/c(=C\c3c(C)n(Cc4ccc(Cl)cc4)c4ccccc34)c(=O)n2[C@H]1c1ccc(N(C)C)cc1. The van der Waals surface area contributed by atoms with Crippen molar-refractivity contribution in [3.05, 3.63) is 131 Å². The lowest BCUT2D eigenvalue weighted by atomic mass is 9.95. The molecule has 0 bridgehead atoms. The molecule has 1 aliphatic heterocycles. The summed E-state index contributed by atoms with van der Waals surface area (Å²) in [6.45, 7) is 6.56. The summed E-state index contributed by atoms with van der Waals surface area (Å²) in [5, 5.41) is 1.76. The Hall–Kier alpha value is -4.40. The Labute approximate surface area is 264 Å². The van der Waals surface area contributed by atoms with Gasteiger partial charge in [0.05, 0.1) is 28.5 Å². The van der Waals surface area contributed by atoms with Crippen LogP contribution in [0.25, 0.3) is 17.0 Å². The summed E-state index contributed by atoms with van der Waals surface area (Å²) >= 11 is 7.47. The van der Waals surface area contributed by atoms with Gasteiger partial charge in [-0.1, -0.05) is 65.4 Å². The van der Waals surface area contributed by atoms with Crippen molar-refractivity contribution < 1.29 is 9.53 Å². The largest absolute Gasteiger partial charge is 0.463 e. The fourth-order valence-electron chi connectivity index (χ4n) is 5.81. The highest BCUT2D eigenvalue weighted by atomic mass is 35.5. The van der Waals surface area contributed by atoms with Crippen molar-refractivity contribution in [1.82, 2.24) is 9.13 Å². The van der Waals surface area contributed by atoms with Crippen LogP contribution in [0.1, 0.15) is 42.3 Å². The van der Waals surface area contributed by atoms with E-state index in [2.05, 4.69) is 23.6 Å². The number of benzene rings is 3. The van der Waals surface area contributed by atoms with Crippen LogP contribution in [-0.4, -0.2) is 35.8 Å². The minimum atomic E-state index is -0.656. The van der Waals surface area contributed by atoms with Crippen molar-refractivity contribution in [1.29, 1.82) is 0 Å². The molecule has 0 fully saturated rings. The third-order valence-electron chi connectivity index (χ3n) is 8.05. The monoisotopic (exact) mass is 624 g/mol. The summed E-state index contributed by atoms with van der Waals surface area (Å²) in [5.41, 5.74) is 6.80. The summed E-state index contributed by atoms with van der Waals surface area (Å²) in [6, 6.07) is 23.3. The predicted octanol–water partition coefficient (Wildman–Crippen LogP) is 5.83. The zero-order valence-electron chi connectivity index (χ0n) is 25.3. The van der Waals surface area contributed by atoms with E-state index in [1.54, 1.807) is 18.4 Å². The van der Waals surface area contributed by atoms with Gasteiger partial charge in [-0.2, -0.15) is 0 Å². The van der Waals surface area contributed by atoms with Crippen LogP contribution in [0.4, 0.5) is 5.69 Å². The zero-order chi connectivity index (χ0) is 31.1. The van der Waals surface area contributed by atoms with E-state index < -0.39 is 12.0 Å². The number of ether oxygens (including phenoxy) is 1. The Kier molecular flexibility index (Phi) is 8.05. The fraction of sp³-hybridized carbons (Fsp3) is 0.229. The molecule has 9 heteroatoms. The number of aromatic nitrogens is 2. The zero-order valence-corrected chi connectivity index (χ0v) is 26.9. The number of carbonyl (C=O) groups excluding carboxylic acids is 1. The summed E-state index contributed by atoms with van der Waals surface area (Å²) in [5.74, 6) is -0.467. The van der Waals surface area contributed by atoms with Crippen molar-refractivity contribution in [3.8, 4) is 0 Å². The topological polar surface area (TPSA) is 68.8 Å². The molecule has 1 atom stereocenters. The lowest BCUT2D eigenvalue weighted by Gasteiger charge is -2.25. The first-order chi connectivity index (χ1) is 21.2. The lowest BCUT2D eigenvalue weighted by molar-refractivity contribution is -0.139. The van der Waals surface area contributed by atoms with Gasteiger partial charge >= 0.3 is 5.97 Å². The molecule has 5 aromatic rings. The van der Waals surface area contributed by atoms with Gasteiger partial charge in [-0.25, -0.2) is 9.79 Å². The number of halogens is 1. The number of hydrogen-bond acceptors (Lipinski definition) is 6. The van der Waals surface area contributed by atoms with E-state index in [1.165, 1.54) is 11.3 Å². The standard InChI is InChI=1S/C35H33ClN4O3S/c1-6-43-34(42)31-21(2)37-35-40(32(31)24-13-17-26(18-14-24)38(4)5)33(41)30(44-35)19-28-22(3)39(29-10-8-7-9-27(28)29)20-23-11-15-25(36)16-12-23/h7-19,32H,6,20H2,1-5H3/b30-19-/t32-/m0/s1. The number of anilines is 1. The van der Waals surface area contributed by atoms with Crippen LogP contribution in [0.2, 0.25) is 5.02 Å². The van der Waals surface area contributed by atoms with E-state index in [4.69, 9.17) is 21.3 Å². The predicted molar refractivity (Wildman–Crippen MR) is 178 cm³/mol. The highest BCUT2D eigenvalue weighted by molar-refractivity contribution is 7.07. The molecule has 44 heavy (non-hydrogen) atoms. The van der Waals surface area contributed by atoms with Crippen LogP contribution in [0.15, 0.2) is 93.9 Å². The number of thiazole rings is 1. The minimum absolute atomic E-state index is 0.196. The molecular weight excluding hydrogens is 592 g/mol. The van der Waals surface area contributed by atoms with Gasteiger partial charge in [0.2, 0.25) is 0 Å². The molecule has 3 aromatic carbocycles. The number of rotatable bonds is 7. The molecule has 7 nitrogen and oxygen atoms in total. The molecule has 0 spiro atoms. The van der Waals surface area contributed by atoms with Crippen LogP contribution in [0.5, 0.6) is 0 Å². The smallest absolute Gasteiger partial charge is 0.338 e. The van der Waals surface area contributed by atoms with Crippen LogP contribution < -0.4 is 19.8 Å². The van der Waals surface area contributed by atoms with Gasteiger partial charge in [0, 0.05) is 53.5 Å².